The van der Waals surface area contributed by atoms with Gasteiger partial charge in [0.1, 0.15) is 28.6 Å². The van der Waals surface area contributed by atoms with E-state index in [1.807, 2.05) is 47.4 Å². The summed E-state index contributed by atoms with van der Waals surface area (Å²) in [5.41, 5.74) is 3.71. The molecular formula is C32H33FN2O5. The van der Waals surface area contributed by atoms with E-state index >= 15 is 0 Å². The summed E-state index contributed by atoms with van der Waals surface area (Å²) in [6.07, 6.45) is 1.96. The Morgan fingerprint density at radius 2 is 1.70 bits per heavy atom. The van der Waals surface area contributed by atoms with Gasteiger partial charge < -0.3 is 23.8 Å². The number of hydrogen-bond acceptors (Lipinski definition) is 6. The first-order chi connectivity index (χ1) is 19.5. The average molecular weight is 545 g/mol. The summed E-state index contributed by atoms with van der Waals surface area (Å²) < 4.78 is 36.4. The molecule has 0 radical (unpaired) electrons. The lowest BCUT2D eigenvalue weighted by atomic mass is 10.0. The molecule has 5 rings (SSSR count). The summed E-state index contributed by atoms with van der Waals surface area (Å²) in [4.78, 5) is 20.6. The summed E-state index contributed by atoms with van der Waals surface area (Å²) in [5, 5.41) is 0.776. The number of ether oxygens (including phenoxy) is 4. The minimum atomic E-state index is -0.333. The normalized spacial score (nSPS) is 14.8. The Bertz CT molecular complexity index is 1490. The number of carbonyl (C=O) groups is 1. The highest BCUT2D eigenvalue weighted by Crippen LogP contribution is 2.38. The molecule has 1 aromatic heterocycles. The maximum absolute atomic E-state index is 13.7. The lowest BCUT2D eigenvalue weighted by molar-refractivity contribution is -0.132. The number of benzene rings is 3. The molecule has 1 amide bonds. The number of nitrogens with zero attached hydrogens (tertiary/aromatic N) is 2. The molecule has 1 saturated heterocycles. The molecule has 1 atom stereocenters. The third kappa shape index (κ3) is 5.87. The molecule has 0 N–H and O–H groups in total. The molecule has 7 nitrogen and oxygen atoms in total. The summed E-state index contributed by atoms with van der Waals surface area (Å²) in [6.45, 7) is 1.42. The number of rotatable bonds is 10. The number of pyridine rings is 1. The van der Waals surface area contributed by atoms with Crippen molar-refractivity contribution in [3.05, 3.63) is 83.7 Å². The van der Waals surface area contributed by atoms with Gasteiger partial charge in [0.25, 0.3) is 0 Å². The van der Waals surface area contributed by atoms with Crippen molar-refractivity contribution >= 4 is 16.8 Å². The van der Waals surface area contributed by atoms with E-state index in [9.17, 15) is 9.18 Å². The number of amides is 1. The molecule has 0 saturated carbocycles. The van der Waals surface area contributed by atoms with E-state index < -0.39 is 0 Å². The van der Waals surface area contributed by atoms with Crippen LogP contribution in [0.5, 0.6) is 17.2 Å². The van der Waals surface area contributed by atoms with Gasteiger partial charge in [-0.1, -0.05) is 24.3 Å². The zero-order valence-corrected chi connectivity index (χ0v) is 23.0. The van der Waals surface area contributed by atoms with Gasteiger partial charge in [-0.05, 0) is 66.4 Å². The van der Waals surface area contributed by atoms with Crippen molar-refractivity contribution < 1.29 is 28.1 Å². The predicted molar refractivity (Wildman–Crippen MR) is 151 cm³/mol. The van der Waals surface area contributed by atoms with Crippen molar-refractivity contribution in [2.75, 3.05) is 34.5 Å². The highest BCUT2D eigenvalue weighted by atomic mass is 19.1. The lowest BCUT2D eigenvalue weighted by Crippen LogP contribution is -2.38. The fraction of sp³-hybridized carbons (Fsp3) is 0.312. The Hall–Kier alpha value is -4.17. The molecular weight excluding hydrogens is 511 g/mol. The minimum absolute atomic E-state index is 0.0464. The Kier molecular flexibility index (Phi) is 8.45. The minimum Gasteiger partial charge on any atom is -0.496 e. The second-order valence-corrected chi connectivity index (χ2v) is 9.78. The predicted octanol–water partition coefficient (Wildman–Crippen LogP) is 5.82. The van der Waals surface area contributed by atoms with Crippen LogP contribution in [0.3, 0.4) is 0 Å². The number of para-hydroxylation sites is 1. The molecule has 1 aliphatic heterocycles. The maximum Gasteiger partial charge on any atom is 0.227 e. The molecule has 1 aliphatic rings. The molecule has 0 unspecified atom stereocenters. The Balaban J connectivity index is 1.62. The van der Waals surface area contributed by atoms with Crippen LogP contribution in [0.4, 0.5) is 4.39 Å². The van der Waals surface area contributed by atoms with Crippen LogP contribution in [0.25, 0.3) is 22.2 Å². The van der Waals surface area contributed by atoms with Crippen molar-refractivity contribution in [3.8, 4) is 28.5 Å². The fourth-order valence-electron chi connectivity index (χ4n) is 5.17. The smallest absolute Gasteiger partial charge is 0.227 e. The Labute approximate surface area is 233 Å². The molecule has 3 aromatic carbocycles. The van der Waals surface area contributed by atoms with E-state index in [2.05, 4.69) is 0 Å². The van der Waals surface area contributed by atoms with Gasteiger partial charge in [-0.2, -0.15) is 0 Å². The van der Waals surface area contributed by atoms with Gasteiger partial charge >= 0.3 is 0 Å². The van der Waals surface area contributed by atoms with Crippen LogP contribution < -0.4 is 14.2 Å². The lowest BCUT2D eigenvalue weighted by Gasteiger charge is -2.27. The quantitative estimate of drug-likeness (QED) is 0.251. The molecule has 208 valence electrons. The monoisotopic (exact) mass is 544 g/mol. The standard InChI is InChI=1S/C32H33FN2O5/c1-37-27-9-5-4-8-25(27)31-22(18-26-28(38-2)14-15-29(39-3)32(26)34-31)19-35(20-24-7-6-16-40-24)30(36)17-21-10-12-23(33)13-11-21/h4-5,8-15,18,24H,6-7,16-17,19-20H2,1-3H3/t24-/m0/s1. The largest absolute Gasteiger partial charge is 0.496 e. The zero-order valence-electron chi connectivity index (χ0n) is 23.0. The number of hydrogen-bond donors (Lipinski definition) is 0. The third-order valence-corrected chi connectivity index (χ3v) is 7.22. The van der Waals surface area contributed by atoms with Crippen LogP contribution in [0, 0.1) is 5.82 Å². The van der Waals surface area contributed by atoms with E-state index in [-0.39, 0.29) is 30.8 Å². The van der Waals surface area contributed by atoms with E-state index in [4.69, 9.17) is 23.9 Å². The van der Waals surface area contributed by atoms with Gasteiger partial charge in [0.15, 0.2) is 0 Å². The molecule has 2 heterocycles. The first-order valence-electron chi connectivity index (χ1n) is 13.3. The number of methoxy groups -OCH3 is 3. The Morgan fingerprint density at radius 3 is 2.40 bits per heavy atom. The first kappa shape index (κ1) is 27.4. The Morgan fingerprint density at radius 1 is 0.975 bits per heavy atom. The van der Waals surface area contributed by atoms with Crippen molar-refractivity contribution in [2.45, 2.75) is 31.9 Å². The zero-order chi connectivity index (χ0) is 28.1. The molecule has 8 heteroatoms. The van der Waals surface area contributed by atoms with Crippen molar-refractivity contribution in [3.63, 3.8) is 0 Å². The first-order valence-corrected chi connectivity index (χ1v) is 13.3. The summed E-state index contributed by atoms with van der Waals surface area (Å²) in [5.74, 6) is 1.52. The van der Waals surface area contributed by atoms with Crippen molar-refractivity contribution in [2.24, 2.45) is 0 Å². The maximum atomic E-state index is 13.7. The van der Waals surface area contributed by atoms with Crippen LogP contribution >= 0.6 is 0 Å². The second kappa shape index (κ2) is 12.3. The van der Waals surface area contributed by atoms with E-state index in [0.29, 0.717) is 41.6 Å². The molecule has 40 heavy (non-hydrogen) atoms. The van der Waals surface area contributed by atoms with Gasteiger partial charge in [0, 0.05) is 30.6 Å². The summed E-state index contributed by atoms with van der Waals surface area (Å²) in [7, 11) is 4.85. The summed E-state index contributed by atoms with van der Waals surface area (Å²) >= 11 is 0. The van der Waals surface area contributed by atoms with Crippen LogP contribution in [-0.4, -0.2) is 56.4 Å². The van der Waals surface area contributed by atoms with Gasteiger partial charge in [0.2, 0.25) is 5.91 Å². The van der Waals surface area contributed by atoms with E-state index in [1.54, 1.807) is 33.5 Å². The third-order valence-electron chi connectivity index (χ3n) is 7.22. The van der Waals surface area contributed by atoms with Crippen LogP contribution in [-0.2, 0) is 22.5 Å². The SMILES string of the molecule is COc1ccccc1-c1nc2c(OC)ccc(OC)c2cc1CN(C[C@@H]1CCCO1)C(=O)Cc1ccc(F)cc1. The van der Waals surface area contributed by atoms with Crippen LogP contribution in [0.1, 0.15) is 24.0 Å². The fourth-order valence-corrected chi connectivity index (χ4v) is 5.17. The number of fused-ring (bicyclic) bond motifs is 1. The molecule has 0 aliphatic carbocycles. The van der Waals surface area contributed by atoms with Crippen molar-refractivity contribution in [1.29, 1.82) is 0 Å². The highest BCUT2D eigenvalue weighted by molar-refractivity contribution is 5.93. The summed E-state index contributed by atoms with van der Waals surface area (Å²) in [6, 6.07) is 19.4. The van der Waals surface area contributed by atoms with Crippen LogP contribution in [0.2, 0.25) is 0 Å². The number of aromatic nitrogens is 1. The number of halogens is 1. The molecule has 1 fully saturated rings. The van der Waals surface area contributed by atoms with Gasteiger partial charge in [-0.25, -0.2) is 9.37 Å². The second-order valence-electron chi connectivity index (χ2n) is 9.78. The van der Waals surface area contributed by atoms with Crippen LogP contribution in [0.15, 0.2) is 66.7 Å². The topological polar surface area (TPSA) is 70.1 Å². The van der Waals surface area contributed by atoms with E-state index in [1.165, 1.54) is 12.1 Å². The number of carbonyl (C=O) groups excluding carboxylic acids is 1. The van der Waals surface area contributed by atoms with Gasteiger partial charge in [-0.15, -0.1) is 0 Å². The van der Waals surface area contributed by atoms with Crippen molar-refractivity contribution in [1.82, 2.24) is 9.88 Å². The molecule has 0 spiro atoms. The molecule has 4 aromatic rings. The van der Waals surface area contributed by atoms with Gasteiger partial charge in [-0.3, -0.25) is 4.79 Å². The van der Waals surface area contributed by atoms with Gasteiger partial charge in [0.05, 0.1) is 39.5 Å². The average Bonchev–Trinajstić information content (AvgIpc) is 3.50. The molecule has 0 bridgehead atoms. The van der Waals surface area contributed by atoms with E-state index in [0.717, 1.165) is 34.9 Å². The highest BCUT2D eigenvalue weighted by Gasteiger charge is 2.26.